The Hall–Kier alpha value is -2.85. The molecule has 8 nitrogen and oxygen atoms in total. The van der Waals surface area contributed by atoms with Crippen LogP contribution in [-0.2, 0) is 24.7 Å². The zero-order chi connectivity index (χ0) is 22.8. The molecule has 168 valence electrons. The van der Waals surface area contributed by atoms with Gasteiger partial charge in [-0.3, -0.25) is 9.59 Å². The first-order valence-electron chi connectivity index (χ1n) is 10.3. The van der Waals surface area contributed by atoms with Crippen LogP contribution in [0.1, 0.15) is 34.1 Å². The van der Waals surface area contributed by atoms with Gasteiger partial charge in [0.05, 0.1) is 18.4 Å². The lowest BCUT2D eigenvalue weighted by Gasteiger charge is -2.18. The normalized spacial score (nSPS) is 15.3. The number of hydrogen-bond donors (Lipinski definition) is 2. The van der Waals surface area contributed by atoms with E-state index in [0.717, 1.165) is 41.0 Å². The van der Waals surface area contributed by atoms with Crippen LogP contribution in [0.5, 0.6) is 5.75 Å². The Morgan fingerprint density at radius 1 is 1.31 bits per heavy atom. The number of ether oxygens (including phenoxy) is 1. The van der Waals surface area contributed by atoms with Crippen molar-refractivity contribution in [2.45, 2.75) is 31.3 Å². The van der Waals surface area contributed by atoms with Crippen LogP contribution < -0.4 is 15.8 Å². The predicted molar refractivity (Wildman–Crippen MR) is 126 cm³/mol. The number of thioether (sulfide) groups is 1. The van der Waals surface area contributed by atoms with Crippen molar-refractivity contribution in [1.29, 1.82) is 0 Å². The molecule has 2 heterocycles. The minimum atomic E-state index is -0.488. The Kier molecular flexibility index (Phi) is 6.52. The van der Waals surface area contributed by atoms with Gasteiger partial charge in [-0.25, -0.2) is 0 Å². The summed E-state index contributed by atoms with van der Waals surface area (Å²) in [5.74, 6) is 1.48. The summed E-state index contributed by atoms with van der Waals surface area (Å²) in [5.41, 5.74) is 8.01. The first-order valence-corrected chi connectivity index (χ1v) is 12.1. The Morgan fingerprint density at radius 2 is 2.06 bits per heavy atom. The van der Waals surface area contributed by atoms with E-state index in [1.165, 1.54) is 23.1 Å². The molecule has 32 heavy (non-hydrogen) atoms. The van der Waals surface area contributed by atoms with E-state index in [-0.39, 0.29) is 11.7 Å². The van der Waals surface area contributed by atoms with Crippen LogP contribution >= 0.6 is 23.1 Å². The van der Waals surface area contributed by atoms with Crippen LogP contribution in [0.15, 0.2) is 29.4 Å². The molecule has 2 aromatic heterocycles. The summed E-state index contributed by atoms with van der Waals surface area (Å²) in [4.78, 5) is 25.9. The number of thiophene rings is 1. The van der Waals surface area contributed by atoms with E-state index >= 15 is 0 Å². The van der Waals surface area contributed by atoms with Gasteiger partial charge < -0.3 is 20.4 Å². The average Bonchev–Trinajstić information content (AvgIpc) is 3.31. The fraction of sp³-hybridized carbons (Fsp3) is 0.364. The number of nitrogens with two attached hydrogens (primary N) is 1. The third kappa shape index (κ3) is 4.51. The summed E-state index contributed by atoms with van der Waals surface area (Å²) in [6.45, 7) is 2.20. The van der Waals surface area contributed by atoms with E-state index in [1.54, 1.807) is 7.11 Å². The van der Waals surface area contributed by atoms with Crippen LogP contribution in [0.4, 0.5) is 5.00 Å². The predicted octanol–water partition coefficient (Wildman–Crippen LogP) is 3.51. The smallest absolute Gasteiger partial charge is 0.251 e. The first kappa shape index (κ1) is 22.3. The SMILES string of the molecule is COc1ccc(-c2nnc(SCC(=O)Nc3sc4c(c3C(N)=O)CCC(C)C4)n2C)cc1. The Balaban J connectivity index is 1.44. The van der Waals surface area contributed by atoms with Gasteiger partial charge in [0.25, 0.3) is 5.91 Å². The molecule has 1 atom stereocenters. The number of rotatable bonds is 7. The van der Waals surface area contributed by atoms with Gasteiger partial charge in [-0.1, -0.05) is 18.7 Å². The molecule has 3 aromatic rings. The van der Waals surface area contributed by atoms with Crippen LogP contribution in [0.2, 0.25) is 0 Å². The highest BCUT2D eigenvalue weighted by atomic mass is 32.2. The summed E-state index contributed by atoms with van der Waals surface area (Å²) in [6.07, 6.45) is 2.76. The molecular formula is C22H25N5O3S2. The molecule has 3 N–H and O–H groups in total. The molecule has 10 heteroatoms. The molecule has 0 aliphatic heterocycles. The lowest BCUT2D eigenvalue weighted by atomic mass is 9.88. The highest BCUT2D eigenvalue weighted by molar-refractivity contribution is 7.99. The summed E-state index contributed by atoms with van der Waals surface area (Å²) in [5, 5.41) is 12.5. The monoisotopic (exact) mass is 471 g/mol. The summed E-state index contributed by atoms with van der Waals surface area (Å²) < 4.78 is 7.04. The molecule has 0 radical (unpaired) electrons. The van der Waals surface area contributed by atoms with E-state index in [1.807, 2.05) is 35.9 Å². The maximum absolute atomic E-state index is 12.6. The van der Waals surface area contributed by atoms with Crippen LogP contribution in [0.3, 0.4) is 0 Å². The minimum Gasteiger partial charge on any atom is -0.497 e. The summed E-state index contributed by atoms with van der Waals surface area (Å²) >= 11 is 2.75. The zero-order valence-electron chi connectivity index (χ0n) is 18.2. The lowest BCUT2D eigenvalue weighted by Crippen LogP contribution is -2.20. The van der Waals surface area contributed by atoms with Crippen molar-refractivity contribution >= 4 is 39.9 Å². The number of amides is 2. The number of benzene rings is 1. The number of nitrogens with one attached hydrogen (secondary N) is 1. The molecule has 1 aromatic carbocycles. The van der Waals surface area contributed by atoms with Crippen molar-refractivity contribution in [1.82, 2.24) is 14.8 Å². The molecule has 0 saturated heterocycles. The van der Waals surface area contributed by atoms with E-state index < -0.39 is 5.91 Å². The highest BCUT2D eigenvalue weighted by Gasteiger charge is 2.27. The van der Waals surface area contributed by atoms with Gasteiger partial charge in [0.15, 0.2) is 11.0 Å². The minimum absolute atomic E-state index is 0.145. The molecule has 4 rings (SSSR count). The summed E-state index contributed by atoms with van der Waals surface area (Å²) in [7, 11) is 3.48. The van der Waals surface area contributed by atoms with Gasteiger partial charge in [-0.2, -0.15) is 0 Å². The molecule has 0 saturated carbocycles. The molecule has 0 spiro atoms. The van der Waals surface area contributed by atoms with Crippen LogP contribution in [-0.4, -0.2) is 39.4 Å². The van der Waals surface area contributed by atoms with E-state index in [0.29, 0.717) is 27.5 Å². The molecule has 0 bridgehead atoms. The van der Waals surface area contributed by atoms with Crippen molar-refractivity contribution in [2.24, 2.45) is 18.7 Å². The molecule has 0 fully saturated rings. The number of primary amides is 1. The Bertz CT molecular complexity index is 1150. The third-order valence-electron chi connectivity index (χ3n) is 5.53. The van der Waals surface area contributed by atoms with Gasteiger partial charge in [0.2, 0.25) is 5.91 Å². The second-order valence-corrected chi connectivity index (χ2v) is 9.90. The van der Waals surface area contributed by atoms with Crippen LogP contribution in [0, 0.1) is 5.92 Å². The van der Waals surface area contributed by atoms with Gasteiger partial charge >= 0.3 is 0 Å². The Morgan fingerprint density at radius 3 is 2.75 bits per heavy atom. The van der Waals surface area contributed by atoms with Crippen molar-refractivity contribution in [2.75, 3.05) is 18.2 Å². The van der Waals surface area contributed by atoms with Crippen LogP contribution in [0.25, 0.3) is 11.4 Å². The standard InChI is InChI=1S/C22H25N5O3S2/c1-12-4-9-15-16(10-12)32-21(18(15)19(23)29)24-17(28)11-31-22-26-25-20(27(22)2)13-5-7-14(30-3)8-6-13/h5-8,12H,4,9-11H2,1-3H3,(H2,23,29)(H,24,28). The molecule has 2 amide bonds. The van der Waals surface area contributed by atoms with E-state index in [2.05, 4.69) is 22.4 Å². The van der Waals surface area contributed by atoms with E-state index in [9.17, 15) is 9.59 Å². The number of aromatic nitrogens is 3. The van der Waals surface area contributed by atoms with Gasteiger partial charge in [0, 0.05) is 17.5 Å². The number of hydrogen-bond acceptors (Lipinski definition) is 7. The molecule has 1 aliphatic carbocycles. The quantitative estimate of drug-likeness (QED) is 0.510. The van der Waals surface area contributed by atoms with Crippen molar-refractivity contribution in [3.05, 3.63) is 40.3 Å². The number of methoxy groups -OCH3 is 1. The molecule has 1 unspecified atom stereocenters. The van der Waals surface area contributed by atoms with Gasteiger partial charge in [0.1, 0.15) is 10.8 Å². The number of carbonyl (C=O) groups is 2. The molecule has 1 aliphatic rings. The van der Waals surface area contributed by atoms with E-state index in [4.69, 9.17) is 10.5 Å². The Labute approximate surface area is 194 Å². The average molecular weight is 472 g/mol. The number of fused-ring (bicyclic) bond motifs is 1. The van der Waals surface area contributed by atoms with Crippen molar-refractivity contribution in [3.63, 3.8) is 0 Å². The zero-order valence-corrected chi connectivity index (χ0v) is 19.8. The van der Waals surface area contributed by atoms with Crippen molar-refractivity contribution < 1.29 is 14.3 Å². The molecular weight excluding hydrogens is 446 g/mol. The topological polar surface area (TPSA) is 112 Å². The number of nitrogens with zero attached hydrogens (tertiary/aromatic N) is 3. The fourth-order valence-corrected chi connectivity index (χ4v) is 5.97. The van der Waals surface area contributed by atoms with Crippen molar-refractivity contribution in [3.8, 4) is 17.1 Å². The lowest BCUT2D eigenvalue weighted by molar-refractivity contribution is -0.113. The first-order chi connectivity index (χ1) is 15.4. The largest absolute Gasteiger partial charge is 0.497 e. The number of anilines is 1. The highest BCUT2D eigenvalue weighted by Crippen LogP contribution is 2.39. The third-order valence-corrected chi connectivity index (χ3v) is 7.72. The second-order valence-electron chi connectivity index (χ2n) is 7.85. The fourth-order valence-electron chi connectivity index (χ4n) is 3.82. The maximum atomic E-state index is 12.6. The van der Waals surface area contributed by atoms with Gasteiger partial charge in [-0.15, -0.1) is 21.5 Å². The maximum Gasteiger partial charge on any atom is 0.251 e. The number of carbonyl (C=O) groups excluding carboxylic acids is 2. The second kappa shape index (κ2) is 9.33. The van der Waals surface area contributed by atoms with Gasteiger partial charge in [-0.05, 0) is 55.0 Å². The summed E-state index contributed by atoms with van der Waals surface area (Å²) in [6, 6.07) is 7.55.